The van der Waals surface area contributed by atoms with Gasteiger partial charge in [0.2, 0.25) is 11.8 Å². The molecule has 45 heavy (non-hydrogen) atoms. The first-order valence-corrected chi connectivity index (χ1v) is 15.5. The summed E-state index contributed by atoms with van der Waals surface area (Å²) in [6, 6.07) is 23.0. The van der Waals surface area contributed by atoms with Gasteiger partial charge >= 0.3 is 18.0 Å². The maximum atomic E-state index is 13.9. The number of para-hydroxylation sites is 1. The SMILES string of the molecule is CN(C)CCCN(Cc1ccccc1)C(=O)N1OC(=O)C(=O)Oc2cc(-c3nnc(CSCCOc4ccccc4)o3)ccc21. The Balaban J connectivity index is 1.30. The zero-order valence-corrected chi connectivity index (χ0v) is 25.8. The van der Waals surface area contributed by atoms with Gasteiger partial charge in [0.1, 0.15) is 11.4 Å². The van der Waals surface area contributed by atoms with Crippen LogP contribution in [0.15, 0.2) is 83.3 Å². The fourth-order valence-electron chi connectivity index (χ4n) is 4.43. The summed E-state index contributed by atoms with van der Waals surface area (Å²) in [5.41, 5.74) is 1.42. The van der Waals surface area contributed by atoms with Crippen molar-refractivity contribution in [3.8, 4) is 23.0 Å². The Bertz CT molecular complexity index is 1600. The zero-order chi connectivity index (χ0) is 31.6. The molecule has 0 bridgehead atoms. The Morgan fingerprint density at radius 1 is 0.933 bits per heavy atom. The molecule has 5 rings (SSSR count). The number of ether oxygens (including phenoxy) is 2. The molecule has 4 aromatic rings. The Labute approximate surface area is 264 Å². The molecule has 0 radical (unpaired) electrons. The van der Waals surface area contributed by atoms with Crippen LogP contribution in [-0.4, -0.2) is 77.5 Å². The fraction of sp³-hybridized carbons (Fsp3) is 0.281. The number of anilines is 1. The van der Waals surface area contributed by atoms with Crippen molar-refractivity contribution in [2.45, 2.75) is 18.7 Å². The topological polar surface area (TPSA) is 128 Å². The van der Waals surface area contributed by atoms with Crippen molar-refractivity contribution in [2.75, 3.05) is 44.6 Å². The summed E-state index contributed by atoms with van der Waals surface area (Å²) in [7, 11) is 3.90. The maximum absolute atomic E-state index is 13.9. The molecule has 3 aromatic carbocycles. The maximum Gasteiger partial charge on any atom is 0.442 e. The molecule has 0 spiro atoms. The van der Waals surface area contributed by atoms with Crippen molar-refractivity contribution in [3.05, 3.63) is 90.3 Å². The van der Waals surface area contributed by atoms with E-state index in [1.54, 1.807) is 22.7 Å². The molecule has 1 aliphatic rings. The molecule has 0 atom stereocenters. The standard InChI is InChI=1S/C32H33N5O7S/c1-35(2)16-9-17-36(21-23-10-5-3-6-11-23)32(40)37-26-15-14-24(20-27(26)42-30(38)31(39)44-37)29-34-33-28(43-29)22-45-19-18-41-25-12-7-4-8-13-25/h3-8,10-15,20H,9,16-19,21-22H2,1-2H3. The number of hydrogen-bond acceptors (Lipinski definition) is 11. The number of urea groups is 1. The van der Waals surface area contributed by atoms with E-state index < -0.39 is 18.0 Å². The van der Waals surface area contributed by atoms with Gasteiger partial charge in [0.15, 0.2) is 5.75 Å². The first-order chi connectivity index (χ1) is 21.9. The van der Waals surface area contributed by atoms with Crippen LogP contribution in [0.2, 0.25) is 0 Å². The number of carbonyl (C=O) groups excluding carboxylic acids is 3. The number of hydroxylamine groups is 1. The molecule has 0 saturated carbocycles. The minimum absolute atomic E-state index is 0.0585. The van der Waals surface area contributed by atoms with E-state index in [1.807, 2.05) is 79.7 Å². The predicted molar refractivity (Wildman–Crippen MR) is 167 cm³/mol. The molecular formula is C32H33N5O7S. The smallest absolute Gasteiger partial charge is 0.442 e. The molecular weight excluding hydrogens is 598 g/mol. The summed E-state index contributed by atoms with van der Waals surface area (Å²) in [6.07, 6.45) is 0.673. The molecule has 1 aromatic heterocycles. The molecule has 0 aliphatic carbocycles. The van der Waals surface area contributed by atoms with Gasteiger partial charge in [-0.15, -0.1) is 27.0 Å². The van der Waals surface area contributed by atoms with E-state index in [2.05, 4.69) is 10.2 Å². The highest BCUT2D eigenvalue weighted by atomic mass is 32.2. The molecule has 0 saturated heterocycles. The average molecular weight is 632 g/mol. The number of fused-ring (bicyclic) bond motifs is 1. The fourth-order valence-corrected chi connectivity index (χ4v) is 5.06. The van der Waals surface area contributed by atoms with Gasteiger partial charge in [0.25, 0.3) is 0 Å². The van der Waals surface area contributed by atoms with Crippen molar-refractivity contribution in [1.29, 1.82) is 0 Å². The van der Waals surface area contributed by atoms with E-state index >= 15 is 0 Å². The van der Waals surface area contributed by atoms with Gasteiger partial charge in [-0.2, -0.15) is 0 Å². The number of esters is 1. The van der Waals surface area contributed by atoms with Crippen LogP contribution in [0.4, 0.5) is 10.5 Å². The van der Waals surface area contributed by atoms with Gasteiger partial charge in [-0.3, -0.25) is 0 Å². The summed E-state index contributed by atoms with van der Waals surface area (Å²) in [5, 5.41) is 9.04. The largest absolute Gasteiger partial charge is 0.493 e. The third-order valence-electron chi connectivity index (χ3n) is 6.59. The van der Waals surface area contributed by atoms with E-state index in [-0.39, 0.29) is 23.9 Å². The van der Waals surface area contributed by atoms with Crippen molar-refractivity contribution in [3.63, 3.8) is 0 Å². The Morgan fingerprint density at radius 3 is 2.44 bits per heavy atom. The van der Waals surface area contributed by atoms with E-state index in [9.17, 15) is 14.4 Å². The number of nitrogens with zero attached hydrogens (tertiary/aromatic N) is 5. The summed E-state index contributed by atoms with van der Waals surface area (Å²) >= 11 is 1.58. The summed E-state index contributed by atoms with van der Waals surface area (Å²) in [4.78, 5) is 47.7. The highest BCUT2D eigenvalue weighted by molar-refractivity contribution is 7.98. The number of benzene rings is 3. The van der Waals surface area contributed by atoms with Gasteiger partial charge in [-0.1, -0.05) is 48.5 Å². The molecule has 12 nitrogen and oxygen atoms in total. The number of hydrogen-bond donors (Lipinski definition) is 0. The molecule has 1 aliphatic heterocycles. The van der Waals surface area contributed by atoms with Crippen LogP contribution in [0, 0.1) is 0 Å². The summed E-state index contributed by atoms with van der Waals surface area (Å²) in [5.74, 6) is -0.0376. The molecule has 0 unspecified atom stereocenters. The van der Waals surface area contributed by atoms with E-state index in [1.165, 1.54) is 12.1 Å². The normalized spacial score (nSPS) is 12.7. The van der Waals surface area contributed by atoms with Gasteiger partial charge in [-0.05, 0) is 63.0 Å². The molecule has 0 fully saturated rings. The second-order valence-corrected chi connectivity index (χ2v) is 11.4. The Morgan fingerprint density at radius 2 is 1.69 bits per heavy atom. The van der Waals surface area contributed by atoms with Gasteiger partial charge < -0.3 is 28.5 Å². The van der Waals surface area contributed by atoms with Crippen LogP contribution in [0.5, 0.6) is 11.5 Å². The lowest BCUT2D eigenvalue weighted by Gasteiger charge is -2.29. The number of carbonyl (C=O) groups is 3. The van der Waals surface area contributed by atoms with Gasteiger partial charge in [0.05, 0.1) is 12.4 Å². The van der Waals surface area contributed by atoms with E-state index in [0.717, 1.165) is 28.7 Å². The first kappa shape index (κ1) is 31.5. The van der Waals surface area contributed by atoms with Crippen LogP contribution in [0.3, 0.4) is 0 Å². The molecule has 2 amide bonds. The van der Waals surface area contributed by atoms with Crippen LogP contribution in [0.1, 0.15) is 17.9 Å². The first-order valence-electron chi connectivity index (χ1n) is 14.3. The van der Waals surface area contributed by atoms with Crippen molar-refractivity contribution in [2.24, 2.45) is 0 Å². The lowest BCUT2D eigenvalue weighted by molar-refractivity contribution is -0.161. The van der Waals surface area contributed by atoms with E-state index in [0.29, 0.717) is 36.8 Å². The zero-order valence-electron chi connectivity index (χ0n) is 25.0. The highest BCUT2D eigenvalue weighted by Crippen LogP contribution is 2.36. The predicted octanol–water partition coefficient (Wildman–Crippen LogP) is 4.81. The van der Waals surface area contributed by atoms with Crippen LogP contribution in [0.25, 0.3) is 11.5 Å². The van der Waals surface area contributed by atoms with Gasteiger partial charge in [0, 0.05) is 24.4 Å². The molecule has 2 heterocycles. The lowest BCUT2D eigenvalue weighted by atomic mass is 10.2. The van der Waals surface area contributed by atoms with Crippen LogP contribution >= 0.6 is 11.8 Å². The highest BCUT2D eigenvalue weighted by Gasteiger charge is 2.36. The van der Waals surface area contributed by atoms with Crippen molar-refractivity contribution < 1.29 is 33.1 Å². The monoisotopic (exact) mass is 631 g/mol. The van der Waals surface area contributed by atoms with E-state index in [4.69, 9.17) is 18.7 Å². The molecule has 234 valence electrons. The summed E-state index contributed by atoms with van der Waals surface area (Å²) in [6.45, 7) is 1.92. The summed E-state index contributed by atoms with van der Waals surface area (Å²) < 4.78 is 16.8. The van der Waals surface area contributed by atoms with Gasteiger partial charge in [-0.25, -0.2) is 14.4 Å². The second kappa shape index (κ2) is 15.2. The second-order valence-electron chi connectivity index (χ2n) is 10.3. The molecule has 13 heteroatoms. The number of thioether (sulfide) groups is 1. The average Bonchev–Trinajstić information content (AvgIpc) is 3.48. The van der Waals surface area contributed by atoms with Crippen LogP contribution < -0.4 is 14.5 Å². The third-order valence-corrected chi connectivity index (χ3v) is 7.50. The number of amides is 2. The minimum atomic E-state index is -1.32. The van der Waals surface area contributed by atoms with Crippen molar-refractivity contribution in [1.82, 2.24) is 20.0 Å². The minimum Gasteiger partial charge on any atom is -0.493 e. The lowest BCUT2D eigenvalue weighted by Crippen LogP contribution is -2.45. The number of aromatic nitrogens is 2. The Hall–Kier alpha value is -4.88. The number of rotatable bonds is 13. The quantitative estimate of drug-likeness (QED) is 0.0873. The van der Waals surface area contributed by atoms with Crippen molar-refractivity contribution >= 4 is 35.4 Å². The molecule has 0 N–H and O–H groups in total. The van der Waals surface area contributed by atoms with Crippen LogP contribution in [-0.2, 0) is 26.7 Å². The Kier molecular flexibility index (Phi) is 10.7. The third kappa shape index (κ3) is 8.61.